The largest absolute Gasteiger partial charge is 0.416 e. The van der Waals surface area contributed by atoms with Gasteiger partial charge in [0.25, 0.3) is 5.69 Å². The molecular formula is C17H12F3N3O3. The van der Waals surface area contributed by atoms with Crippen LogP contribution in [0.4, 0.5) is 24.5 Å². The van der Waals surface area contributed by atoms with Gasteiger partial charge in [-0.05, 0) is 36.4 Å². The summed E-state index contributed by atoms with van der Waals surface area (Å²) in [5, 5.41) is 13.9. The van der Waals surface area contributed by atoms with Crippen molar-refractivity contribution in [1.29, 1.82) is 0 Å². The van der Waals surface area contributed by atoms with Gasteiger partial charge in [0.05, 0.1) is 21.4 Å². The van der Waals surface area contributed by atoms with E-state index in [1.807, 2.05) is 0 Å². The molecule has 1 N–H and O–H groups in total. The van der Waals surface area contributed by atoms with Gasteiger partial charge in [-0.1, -0.05) is 6.07 Å². The quantitative estimate of drug-likeness (QED) is 0.557. The van der Waals surface area contributed by atoms with Gasteiger partial charge in [0, 0.05) is 18.0 Å². The van der Waals surface area contributed by atoms with Crippen LogP contribution in [-0.2, 0) is 17.5 Å². The van der Waals surface area contributed by atoms with Crippen LogP contribution in [0.5, 0.6) is 0 Å². The van der Waals surface area contributed by atoms with Crippen LogP contribution in [0, 0.1) is 10.1 Å². The molecule has 134 valence electrons. The van der Waals surface area contributed by atoms with Crippen molar-refractivity contribution in [3.8, 4) is 0 Å². The molecule has 0 fully saturated rings. The smallest absolute Gasteiger partial charge is 0.338 e. The number of hydrogen-bond donors (Lipinski definition) is 1. The third-order valence-corrected chi connectivity index (χ3v) is 3.80. The number of nitro groups is 1. The highest BCUT2D eigenvalue weighted by molar-refractivity contribution is 5.93. The first kappa shape index (κ1) is 17.5. The second kappa shape index (κ2) is 6.51. The van der Waals surface area contributed by atoms with Crippen LogP contribution in [0.2, 0.25) is 0 Å². The zero-order chi connectivity index (χ0) is 18.9. The highest BCUT2D eigenvalue weighted by Crippen LogP contribution is 2.30. The molecule has 0 aliphatic carbocycles. The van der Waals surface area contributed by atoms with E-state index in [0.717, 1.165) is 12.1 Å². The standard InChI is InChI=1S/C17H12F3N3O3/c18-17(19,20)11-4-6-12(7-5-11)21-16(24)10-22-9-8-13-14(22)2-1-3-15(13)23(25)26/h1-9H,10H2,(H,21,24). The number of aromatic nitrogens is 1. The highest BCUT2D eigenvalue weighted by Gasteiger charge is 2.30. The van der Waals surface area contributed by atoms with Gasteiger partial charge in [-0.3, -0.25) is 14.9 Å². The van der Waals surface area contributed by atoms with E-state index in [-0.39, 0.29) is 17.9 Å². The normalized spacial score (nSPS) is 11.5. The van der Waals surface area contributed by atoms with Crippen LogP contribution in [-0.4, -0.2) is 15.4 Å². The lowest BCUT2D eigenvalue weighted by atomic mass is 10.2. The van der Waals surface area contributed by atoms with Crippen LogP contribution in [0.3, 0.4) is 0 Å². The molecule has 1 amide bonds. The van der Waals surface area contributed by atoms with E-state index in [1.54, 1.807) is 18.3 Å². The summed E-state index contributed by atoms with van der Waals surface area (Å²) in [6.45, 7) is -0.133. The lowest BCUT2D eigenvalue weighted by Gasteiger charge is -2.10. The summed E-state index contributed by atoms with van der Waals surface area (Å²) in [6, 6.07) is 10.2. The van der Waals surface area contributed by atoms with Gasteiger partial charge in [0.2, 0.25) is 5.91 Å². The fourth-order valence-electron chi connectivity index (χ4n) is 2.60. The van der Waals surface area contributed by atoms with Crippen LogP contribution in [0.25, 0.3) is 10.9 Å². The number of fused-ring (bicyclic) bond motifs is 1. The van der Waals surface area contributed by atoms with Crippen molar-refractivity contribution in [1.82, 2.24) is 4.57 Å². The lowest BCUT2D eigenvalue weighted by Crippen LogP contribution is -2.18. The summed E-state index contributed by atoms with van der Waals surface area (Å²) in [6.07, 6.45) is -2.90. The van der Waals surface area contributed by atoms with E-state index in [9.17, 15) is 28.1 Å². The molecule has 1 aromatic heterocycles. The van der Waals surface area contributed by atoms with E-state index < -0.39 is 22.6 Å². The maximum atomic E-state index is 12.5. The van der Waals surface area contributed by atoms with Crippen molar-refractivity contribution in [2.24, 2.45) is 0 Å². The number of nitrogens with zero attached hydrogens (tertiary/aromatic N) is 2. The minimum Gasteiger partial charge on any atom is -0.338 e. The van der Waals surface area contributed by atoms with Crippen LogP contribution >= 0.6 is 0 Å². The molecule has 6 nitrogen and oxygen atoms in total. The van der Waals surface area contributed by atoms with Crippen molar-refractivity contribution < 1.29 is 22.9 Å². The first-order valence-electron chi connectivity index (χ1n) is 7.45. The zero-order valence-corrected chi connectivity index (χ0v) is 13.2. The average molecular weight is 363 g/mol. The van der Waals surface area contributed by atoms with Gasteiger partial charge in [-0.25, -0.2) is 0 Å². The molecule has 26 heavy (non-hydrogen) atoms. The predicted octanol–water partition coefficient (Wildman–Crippen LogP) is 4.21. The molecule has 0 bridgehead atoms. The second-order valence-electron chi connectivity index (χ2n) is 5.53. The van der Waals surface area contributed by atoms with Crippen molar-refractivity contribution in [2.75, 3.05) is 5.32 Å². The van der Waals surface area contributed by atoms with Gasteiger partial charge in [-0.15, -0.1) is 0 Å². The third-order valence-electron chi connectivity index (χ3n) is 3.80. The van der Waals surface area contributed by atoms with Crippen molar-refractivity contribution in [2.45, 2.75) is 12.7 Å². The lowest BCUT2D eigenvalue weighted by molar-refractivity contribution is -0.383. The number of nitrogens with one attached hydrogen (secondary N) is 1. The van der Waals surface area contributed by atoms with Crippen LogP contribution < -0.4 is 5.32 Å². The summed E-state index contributed by atoms with van der Waals surface area (Å²) >= 11 is 0. The molecule has 9 heteroatoms. The monoisotopic (exact) mass is 363 g/mol. The molecular weight excluding hydrogens is 351 g/mol. The minimum absolute atomic E-state index is 0.0654. The molecule has 3 rings (SSSR count). The predicted molar refractivity (Wildman–Crippen MR) is 88.7 cm³/mol. The number of alkyl halides is 3. The fourth-order valence-corrected chi connectivity index (χ4v) is 2.60. The molecule has 0 saturated carbocycles. The number of amides is 1. The molecule has 0 radical (unpaired) electrons. The number of anilines is 1. The number of benzene rings is 2. The Labute approximate surface area is 145 Å². The van der Waals surface area contributed by atoms with E-state index in [4.69, 9.17) is 0 Å². The topological polar surface area (TPSA) is 77.2 Å². The Morgan fingerprint density at radius 2 is 1.81 bits per heavy atom. The van der Waals surface area contributed by atoms with Crippen molar-refractivity contribution >= 4 is 28.2 Å². The molecule has 3 aromatic rings. The molecule has 2 aromatic carbocycles. The summed E-state index contributed by atoms with van der Waals surface area (Å²) < 4.78 is 39.1. The summed E-state index contributed by atoms with van der Waals surface area (Å²) in [7, 11) is 0. The summed E-state index contributed by atoms with van der Waals surface area (Å²) in [4.78, 5) is 22.7. The molecule has 0 unspecified atom stereocenters. The Bertz CT molecular complexity index is 978. The number of carbonyl (C=O) groups is 1. The van der Waals surface area contributed by atoms with E-state index in [1.165, 1.54) is 28.8 Å². The first-order chi connectivity index (χ1) is 12.3. The zero-order valence-electron chi connectivity index (χ0n) is 13.2. The molecule has 0 atom stereocenters. The molecule has 0 aliphatic heterocycles. The SMILES string of the molecule is O=C(Cn1ccc2c([N+](=O)[O-])cccc21)Nc1ccc(C(F)(F)F)cc1. The van der Waals surface area contributed by atoms with E-state index in [0.29, 0.717) is 10.9 Å². The molecule has 0 spiro atoms. The second-order valence-corrected chi connectivity index (χ2v) is 5.53. The minimum atomic E-state index is -4.44. The highest BCUT2D eigenvalue weighted by atomic mass is 19.4. The maximum Gasteiger partial charge on any atom is 0.416 e. The third kappa shape index (κ3) is 3.51. The Morgan fingerprint density at radius 1 is 1.12 bits per heavy atom. The van der Waals surface area contributed by atoms with Gasteiger partial charge in [0.15, 0.2) is 0 Å². The molecule has 0 aliphatic rings. The average Bonchev–Trinajstić information content (AvgIpc) is 2.97. The Balaban J connectivity index is 1.75. The summed E-state index contributed by atoms with van der Waals surface area (Å²) in [5.74, 6) is -0.464. The van der Waals surface area contributed by atoms with Gasteiger partial charge >= 0.3 is 6.18 Å². The Morgan fingerprint density at radius 3 is 2.42 bits per heavy atom. The fraction of sp³-hybridized carbons (Fsp3) is 0.118. The van der Waals surface area contributed by atoms with Crippen molar-refractivity contribution in [3.63, 3.8) is 0 Å². The molecule has 0 saturated heterocycles. The van der Waals surface area contributed by atoms with Gasteiger partial charge in [0.1, 0.15) is 6.54 Å². The van der Waals surface area contributed by atoms with Crippen LogP contribution in [0.15, 0.2) is 54.7 Å². The first-order valence-corrected chi connectivity index (χ1v) is 7.45. The van der Waals surface area contributed by atoms with Gasteiger partial charge in [-0.2, -0.15) is 13.2 Å². The number of non-ortho nitro benzene ring substituents is 1. The number of hydrogen-bond acceptors (Lipinski definition) is 3. The van der Waals surface area contributed by atoms with E-state index >= 15 is 0 Å². The van der Waals surface area contributed by atoms with Gasteiger partial charge < -0.3 is 9.88 Å². The van der Waals surface area contributed by atoms with E-state index in [2.05, 4.69) is 5.32 Å². The Hall–Kier alpha value is -3.36. The van der Waals surface area contributed by atoms with Crippen molar-refractivity contribution in [3.05, 3.63) is 70.4 Å². The number of rotatable bonds is 4. The van der Waals surface area contributed by atoms with Crippen LogP contribution in [0.1, 0.15) is 5.56 Å². The molecule has 1 heterocycles. The number of nitro benzene ring substituents is 1. The summed E-state index contributed by atoms with van der Waals surface area (Å²) in [5.41, 5.74) is -0.129. The number of carbonyl (C=O) groups excluding carboxylic acids is 1. The number of halogens is 3. The maximum absolute atomic E-state index is 12.5. The Kier molecular flexibility index (Phi) is 4.37.